The first-order valence-corrected chi connectivity index (χ1v) is 12.2. The van der Waals surface area contributed by atoms with Crippen molar-refractivity contribution < 1.29 is 9.90 Å². The van der Waals surface area contributed by atoms with Crippen LogP contribution in [0.25, 0.3) is 0 Å². The molecule has 0 spiro atoms. The highest BCUT2D eigenvalue weighted by Gasteiger charge is 2.60. The van der Waals surface area contributed by atoms with Crippen LogP contribution in [0.3, 0.4) is 0 Å². The molecular weight excluding hydrogens is 346 g/mol. The van der Waals surface area contributed by atoms with E-state index in [4.69, 9.17) is 0 Å². The summed E-state index contributed by atoms with van der Waals surface area (Å²) in [4.78, 5) is 11.7. The van der Waals surface area contributed by atoms with Gasteiger partial charge < -0.3 is 10.4 Å². The minimum absolute atomic E-state index is 0.0412. The van der Waals surface area contributed by atoms with Crippen molar-refractivity contribution in [3.8, 4) is 0 Å². The van der Waals surface area contributed by atoms with E-state index >= 15 is 0 Å². The van der Waals surface area contributed by atoms with Crippen molar-refractivity contribution in [3.05, 3.63) is 0 Å². The van der Waals surface area contributed by atoms with Gasteiger partial charge in [-0.15, -0.1) is 0 Å². The van der Waals surface area contributed by atoms with Crippen molar-refractivity contribution in [1.82, 2.24) is 5.32 Å². The van der Waals surface area contributed by atoms with Gasteiger partial charge in [-0.3, -0.25) is 4.79 Å². The van der Waals surface area contributed by atoms with Crippen molar-refractivity contribution in [2.45, 2.75) is 97.5 Å². The van der Waals surface area contributed by atoms with Gasteiger partial charge in [0, 0.05) is 13.5 Å². The minimum Gasteiger partial charge on any atom is -0.393 e. The molecule has 4 aliphatic carbocycles. The molecule has 0 aromatic rings. The van der Waals surface area contributed by atoms with Crippen LogP contribution in [0.1, 0.15) is 91.4 Å². The summed E-state index contributed by atoms with van der Waals surface area (Å²) < 4.78 is 0. The maximum absolute atomic E-state index is 11.7. The Bertz CT molecular complexity index is 591. The number of hydrogen-bond acceptors (Lipinski definition) is 2. The van der Waals surface area contributed by atoms with Crippen molar-refractivity contribution in [2.24, 2.45) is 46.3 Å². The number of hydrogen-bond donors (Lipinski definition) is 2. The van der Waals surface area contributed by atoms with Gasteiger partial charge in [0.05, 0.1) is 6.10 Å². The highest BCUT2D eigenvalue weighted by atomic mass is 16.3. The minimum atomic E-state index is -0.0412. The molecule has 0 aromatic heterocycles. The second-order valence-corrected chi connectivity index (χ2v) is 11.5. The van der Waals surface area contributed by atoms with Gasteiger partial charge in [0.15, 0.2) is 0 Å². The SMILES string of the molecule is CNC(=O)CC[C@@H](C)C1CCC2C3CCC4C[C@H](O)CCC4(C)C3CCC21C. The molecule has 4 rings (SSSR count). The molecule has 1 amide bonds. The van der Waals surface area contributed by atoms with Gasteiger partial charge in [0.25, 0.3) is 0 Å². The second-order valence-electron chi connectivity index (χ2n) is 11.5. The number of carbonyl (C=O) groups excluding carboxylic acids is 1. The van der Waals surface area contributed by atoms with E-state index in [2.05, 4.69) is 26.1 Å². The highest BCUT2D eigenvalue weighted by molar-refractivity contribution is 5.75. The van der Waals surface area contributed by atoms with Crippen LogP contribution in [0, 0.1) is 46.3 Å². The molecule has 7 unspecified atom stereocenters. The summed E-state index contributed by atoms with van der Waals surface area (Å²) in [5, 5.41) is 13.0. The molecule has 3 nitrogen and oxygen atoms in total. The normalized spacial score (nSPS) is 48.9. The third-order valence-corrected chi connectivity index (χ3v) is 10.5. The topological polar surface area (TPSA) is 49.3 Å². The smallest absolute Gasteiger partial charge is 0.219 e. The summed E-state index contributed by atoms with van der Waals surface area (Å²) in [6, 6.07) is 0. The van der Waals surface area contributed by atoms with Crippen molar-refractivity contribution in [2.75, 3.05) is 7.05 Å². The van der Waals surface area contributed by atoms with Crippen LogP contribution in [0.15, 0.2) is 0 Å². The van der Waals surface area contributed by atoms with E-state index in [-0.39, 0.29) is 12.0 Å². The lowest BCUT2D eigenvalue weighted by Gasteiger charge is -2.61. The Morgan fingerprint density at radius 3 is 2.50 bits per heavy atom. The van der Waals surface area contributed by atoms with E-state index in [0.717, 1.165) is 48.9 Å². The summed E-state index contributed by atoms with van der Waals surface area (Å²) >= 11 is 0. The van der Waals surface area contributed by atoms with Crippen molar-refractivity contribution >= 4 is 5.91 Å². The van der Waals surface area contributed by atoms with Gasteiger partial charge in [-0.1, -0.05) is 20.8 Å². The Hall–Kier alpha value is -0.570. The Kier molecular flexibility index (Phi) is 5.61. The molecule has 2 N–H and O–H groups in total. The van der Waals surface area contributed by atoms with Crippen LogP contribution < -0.4 is 5.32 Å². The molecule has 0 heterocycles. The van der Waals surface area contributed by atoms with Crippen LogP contribution in [-0.4, -0.2) is 24.2 Å². The summed E-state index contributed by atoms with van der Waals surface area (Å²) in [5.74, 6) is 5.08. The molecule has 4 fully saturated rings. The number of amides is 1. The van der Waals surface area contributed by atoms with Crippen molar-refractivity contribution in [3.63, 3.8) is 0 Å². The van der Waals surface area contributed by atoms with Gasteiger partial charge in [0.2, 0.25) is 5.91 Å². The lowest BCUT2D eigenvalue weighted by molar-refractivity contribution is -0.129. The number of fused-ring (bicyclic) bond motifs is 5. The van der Waals surface area contributed by atoms with E-state index in [1.807, 2.05) is 0 Å². The largest absolute Gasteiger partial charge is 0.393 e. The fourth-order valence-corrected chi connectivity index (χ4v) is 8.90. The first-order chi connectivity index (χ1) is 13.3. The number of rotatable bonds is 4. The van der Waals surface area contributed by atoms with Gasteiger partial charge in [-0.25, -0.2) is 0 Å². The fraction of sp³-hybridized carbons (Fsp3) is 0.960. The molecule has 0 aromatic carbocycles. The van der Waals surface area contributed by atoms with Crippen LogP contribution >= 0.6 is 0 Å². The molecule has 4 saturated carbocycles. The zero-order valence-corrected chi connectivity index (χ0v) is 18.7. The zero-order valence-electron chi connectivity index (χ0n) is 18.7. The molecule has 0 radical (unpaired) electrons. The number of carbonyl (C=O) groups is 1. The van der Waals surface area contributed by atoms with Crippen LogP contribution in [0.4, 0.5) is 0 Å². The summed E-state index contributed by atoms with van der Waals surface area (Å²) in [6.07, 6.45) is 13.3. The first kappa shape index (κ1) is 20.7. The average molecular weight is 390 g/mol. The third kappa shape index (κ3) is 3.24. The maximum atomic E-state index is 11.7. The quantitative estimate of drug-likeness (QED) is 0.697. The van der Waals surface area contributed by atoms with E-state index in [1.54, 1.807) is 7.05 Å². The molecule has 160 valence electrons. The number of nitrogens with one attached hydrogen (secondary N) is 1. The van der Waals surface area contributed by atoms with Gasteiger partial charge in [0.1, 0.15) is 0 Å². The highest BCUT2D eigenvalue weighted by Crippen LogP contribution is 2.68. The zero-order chi connectivity index (χ0) is 20.1. The van der Waals surface area contributed by atoms with E-state index < -0.39 is 0 Å². The molecule has 0 aliphatic heterocycles. The Morgan fingerprint density at radius 2 is 1.75 bits per heavy atom. The molecule has 3 heteroatoms. The van der Waals surface area contributed by atoms with E-state index in [1.165, 1.54) is 44.9 Å². The predicted molar refractivity (Wildman–Crippen MR) is 114 cm³/mol. The molecule has 9 atom stereocenters. The Morgan fingerprint density at radius 1 is 1.04 bits per heavy atom. The molecular formula is C25H43NO2. The monoisotopic (exact) mass is 389 g/mol. The standard InChI is InChI=1S/C25H43NO2/c1-16(5-10-23(28)26-4)20-8-9-21-19-7-6-17-15-18(27)11-13-24(17,2)22(19)12-14-25(20,21)3/h16-22,27H,5-15H2,1-4H3,(H,26,28)/t16-,17?,18-,19?,20?,21?,22?,24?,25?/m1/s1. The molecule has 0 saturated heterocycles. The molecule has 28 heavy (non-hydrogen) atoms. The number of aliphatic hydroxyl groups excluding tert-OH is 1. The van der Waals surface area contributed by atoms with E-state index in [0.29, 0.717) is 23.2 Å². The fourth-order valence-electron chi connectivity index (χ4n) is 8.90. The van der Waals surface area contributed by atoms with Gasteiger partial charge in [-0.05, 0) is 111 Å². The third-order valence-electron chi connectivity index (χ3n) is 10.5. The van der Waals surface area contributed by atoms with Crippen LogP contribution in [0.2, 0.25) is 0 Å². The lowest BCUT2D eigenvalue weighted by Crippen LogP contribution is -2.54. The van der Waals surface area contributed by atoms with Gasteiger partial charge in [-0.2, -0.15) is 0 Å². The van der Waals surface area contributed by atoms with Crippen LogP contribution in [0.5, 0.6) is 0 Å². The average Bonchev–Trinajstić information content (AvgIpc) is 3.03. The Balaban J connectivity index is 1.48. The Labute approximate surface area is 172 Å². The summed E-state index contributed by atoms with van der Waals surface area (Å²) in [6.45, 7) is 7.61. The van der Waals surface area contributed by atoms with E-state index in [9.17, 15) is 9.90 Å². The molecule has 4 aliphatic rings. The first-order valence-electron chi connectivity index (χ1n) is 12.2. The summed E-state index contributed by atoms with van der Waals surface area (Å²) in [7, 11) is 1.75. The maximum Gasteiger partial charge on any atom is 0.219 e. The van der Waals surface area contributed by atoms with Gasteiger partial charge >= 0.3 is 0 Å². The predicted octanol–water partition coefficient (Wildman–Crippen LogP) is 5.17. The lowest BCUT2D eigenvalue weighted by atomic mass is 9.44. The molecule has 0 bridgehead atoms. The summed E-state index contributed by atoms with van der Waals surface area (Å²) in [5.41, 5.74) is 0.965. The number of aliphatic hydroxyl groups is 1. The second kappa shape index (κ2) is 7.60. The van der Waals surface area contributed by atoms with Crippen LogP contribution in [-0.2, 0) is 4.79 Å². The van der Waals surface area contributed by atoms with Crippen molar-refractivity contribution in [1.29, 1.82) is 0 Å².